The Morgan fingerprint density at radius 1 is 1.44 bits per heavy atom. The van der Waals surface area contributed by atoms with Crippen LogP contribution in [0, 0.1) is 11.8 Å². The van der Waals surface area contributed by atoms with Crippen LogP contribution in [-0.2, 0) is 0 Å². The lowest BCUT2D eigenvalue weighted by Gasteiger charge is -2.31. The first-order valence-electron chi connectivity index (χ1n) is 4.01. The van der Waals surface area contributed by atoms with Crippen LogP contribution in [0.15, 0.2) is 12.2 Å². The second kappa shape index (κ2) is 3.05. The molecule has 52 valence electrons. The Labute approximate surface area is 58.0 Å². The van der Waals surface area contributed by atoms with Gasteiger partial charge >= 0.3 is 0 Å². The molecule has 0 radical (unpaired) electrons. The van der Waals surface area contributed by atoms with Gasteiger partial charge in [0.1, 0.15) is 0 Å². The molecule has 0 aromatic carbocycles. The van der Waals surface area contributed by atoms with Gasteiger partial charge in [0.15, 0.2) is 0 Å². The maximum absolute atomic E-state index is 2.38. The van der Waals surface area contributed by atoms with Crippen molar-refractivity contribution in [2.75, 3.05) is 0 Å². The van der Waals surface area contributed by atoms with E-state index < -0.39 is 0 Å². The second-order valence-corrected chi connectivity index (χ2v) is 3.05. The average molecular weight is 124 g/mol. The van der Waals surface area contributed by atoms with E-state index in [0.29, 0.717) is 0 Å². The van der Waals surface area contributed by atoms with Crippen molar-refractivity contribution in [2.45, 2.75) is 33.1 Å². The zero-order valence-electron chi connectivity index (χ0n) is 6.43. The molecular formula is C9H16. The highest BCUT2D eigenvalue weighted by Gasteiger charge is 2.23. The third kappa shape index (κ3) is 1.57. The molecule has 0 spiro atoms. The Kier molecular flexibility index (Phi) is 2.32. The standard InChI is InChI=1S/C9H16/c1-3-4-5-9-7-6-8(9)2/h4-5,8-9H,3,6-7H2,1-2H3. The van der Waals surface area contributed by atoms with E-state index in [1.165, 1.54) is 19.3 Å². The number of hydrogen-bond acceptors (Lipinski definition) is 0. The summed E-state index contributed by atoms with van der Waals surface area (Å²) in [5.41, 5.74) is 0. The third-order valence-corrected chi connectivity index (χ3v) is 2.31. The van der Waals surface area contributed by atoms with Gasteiger partial charge in [0, 0.05) is 0 Å². The van der Waals surface area contributed by atoms with Crippen LogP contribution in [-0.4, -0.2) is 0 Å². The fourth-order valence-electron chi connectivity index (χ4n) is 1.29. The predicted octanol–water partition coefficient (Wildman–Crippen LogP) is 3.00. The minimum absolute atomic E-state index is 0.921. The molecule has 0 bridgehead atoms. The summed E-state index contributed by atoms with van der Waals surface area (Å²) in [6.45, 7) is 4.54. The van der Waals surface area contributed by atoms with Crippen LogP contribution in [0.2, 0.25) is 0 Å². The van der Waals surface area contributed by atoms with E-state index in [2.05, 4.69) is 26.0 Å². The summed E-state index contributed by atoms with van der Waals surface area (Å²) in [6, 6.07) is 0. The monoisotopic (exact) mass is 124 g/mol. The molecule has 0 aromatic heterocycles. The fourth-order valence-corrected chi connectivity index (χ4v) is 1.29. The van der Waals surface area contributed by atoms with Crippen molar-refractivity contribution in [2.24, 2.45) is 11.8 Å². The van der Waals surface area contributed by atoms with E-state index in [9.17, 15) is 0 Å². The Morgan fingerprint density at radius 3 is 2.56 bits per heavy atom. The highest BCUT2D eigenvalue weighted by Crippen LogP contribution is 2.34. The molecule has 2 atom stereocenters. The fraction of sp³-hybridized carbons (Fsp3) is 0.778. The highest BCUT2D eigenvalue weighted by molar-refractivity contribution is 4.95. The van der Waals surface area contributed by atoms with Gasteiger partial charge in [-0.15, -0.1) is 0 Å². The molecule has 1 rings (SSSR count). The lowest BCUT2D eigenvalue weighted by Crippen LogP contribution is -2.20. The lowest BCUT2D eigenvalue weighted by atomic mass is 9.75. The van der Waals surface area contributed by atoms with Crippen LogP contribution in [0.1, 0.15) is 33.1 Å². The molecule has 0 aliphatic heterocycles. The summed E-state index contributed by atoms with van der Waals surface area (Å²) in [7, 11) is 0. The molecule has 0 N–H and O–H groups in total. The van der Waals surface area contributed by atoms with E-state index in [0.717, 1.165) is 11.8 Å². The van der Waals surface area contributed by atoms with Gasteiger partial charge in [-0.05, 0) is 31.1 Å². The normalized spacial score (nSPS) is 34.9. The van der Waals surface area contributed by atoms with E-state index >= 15 is 0 Å². The van der Waals surface area contributed by atoms with Crippen LogP contribution in [0.3, 0.4) is 0 Å². The first-order valence-corrected chi connectivity index (χ1v) is 4.01. The Morgan fingerprint density at radius 2 is 2.22 bits per heavy atom. The summed E-state index contributed by atoms with van der Waals surface area (Å²) < 4.78 is 0. The van der Waals surface area contributed by atoms with Crippen molar-refractivity contribution in [1.29, 1.82) is 0 Å². The van der Waals surface area contributed by atoms with Crippen molar-refractivity contribution in [3.8, 4) is 0 Å². The molecule has 2 unspecified atom stereocenters. The molecule has 1 aliphatic carbocycles. The second-order valence-electron chi connectivity index (χ2n) is 3.05. The largest absolute Gasteiger partial charge is 0.0885 e. The van der Waals surface area contributed by atoms with Crippen LogP contribution < -0.4 is 0 Å². The zero-order valence-corrected chi connectivity index (χ0v) is 6.43. The summed E-state index contributed by atoms with van der Waals surface area (Å²) >= 11 is 0. The predicted molar refractivity (Wildman–Crippen MR) is 41.3 cm³/mol. The summed E-state index contributed by atoms with van der Waals surface area (Å²) in [6.07, 6.45) is 8.74. The zero-order chi connectivity index (χ0) is 6.69. The van der Waals surface area contributed by atoms with Crippen molar-refractivity contribution in [1.82, 2.24) is 0 Å². The molecule has 1 saturated carbocycles. The molecule has 0 aromatic rings. The molecule has 0 amide bonds. The molecule has 1 fully saturated rings. The summed E-state index contributed by atoms with van der Waals surface area (Å²) in [5.74, 6) is 1.89. The van der Waals surface area contributed by atoms with Gasteiger partial charge < -0.3 is 0 Å². The van der Waals surface area contributed by atoms with Gasteiger partial charge in [-0.1, -0.05) is 26.0 Å². The van der Waals surface area contributed by atoms with Crippen LogP contribution in [0.5, 0.6) is 0 Å². The Balaban J connectivity index is 2.20. The quantitative estimate of drug-likeness (QED) is 0.496. The molecule has 0 saturated heterocycles. The molecule has 1 aliphatic rings. The van der Waals surface area contributed by atoms with Gasteiger partial charge in [-0.3, -0.25) is 0 Å². The summed E-state index contributed by atoms with van der Waals surface area (Å²) in [4.78, 5) is 0. The van der Waals surface area contributed by atoms with E-state index in [1.807, 2.05) is 0 Å². The van der Waals surface area contributed by atoms with Gasteiger partial charge in [-0.25, -0.2) is 0 Å². The van der Waals surface area contributed by atoms with Crippen LogP contribution in [0.25, 0.3) is 0 Å². The highest BCUT2D eigenvalue weighted by atomic mass is 14.3. The van der Waals surface area contributed by atoms with Crippen molar-refractivity contribution in [3.63, 3.8) is 0 Å². The number of rotatable bonds is 2. The SMILES string of the molecule is CCC=CC1CCC1C. The van der Waals surface area contributed by atoms with Gasteiger partial charge in [0.2, 0.25) is 0 Å². The maximum atomic E-state index is 2.38. The topological polar surface area (TPSA) is 0 Å². The van der Waals surface area contributed by atoms with E-state index in [4.69, 9.17) is 0 Å². The lowest BCUT2D eigenvalue weighted by molar-refractivity contribution is 0.251. The van der Waals surface area contributed by atoms with Gasteiger partial charge in [0.05, 0.1) is 0 Å². The van der Waals surface area contributed by atoms with Crippen LogP contribution >= 0.6 is 0 Å². The van der Waals surface area contributed by atoms with Gasteiger partial charge in [0.25, 0.3) is 0 Å². The number of hydrogen-bond donors (Lipinski definition) is 0. The third-order valence-electron chi connectivity index (χ3n) is 2.31. The molecule has 0 nitrogen and oxygen atoms in total. The smallest absolute Gasteiger partial charge is 0.0208 e. The summed E-state index contributed by atoms with van der Waals surface area (Å²) in [5, 5.41) is 0. The Hall–Kier alpha value is -0.260. The minimum Gasteiger partial charge on any atom is -0.0885 e. The van der Waals surface area contributed by atoms with Crippen molar-refractivity contribution < 1.29 is 0 Å². The Bertz CT molecular complexity index is 103. The number of allylic oxidation sites excluding steroid dienone is 2. The maximum Gasteiger partial charge on any atom is -0.0208 e. The van der Waals surface area contributed by atoms with E-state index in [-0.39, 0.29) is 0 Å². The van der Waals surface area contributed by atoms with Crippen LogP contribution in [0.4, 0.5) is 0 Å². The van der Waals surface area contributed by atoms with Gasteiger partial charge in [-0.2, -0.15) is 0 Å². The molecule has 0 heterocycles. The first kappa shape index (κ1) is 6.85. The van der Waals surface area contributed by atoms with Crippen molar-refractivity contribution >= 4 is 0 Å². The average Bonchev–Trinajstić information content (AvgIpc) is 1.86. The van der Waals surface area contributed by atoms with Crippen molar-refractivity contribution in [3.05, 3.63) is 12.2 Å². The molecular weight excluding hydrogens is 108 g/mol. The molecule has 0 heteroatoms. The molecule has 9 heavy (non-hydrogen) atoms. The van der Waals surface area contributed by atoms with E-state index in [1.54, 1.807) is 0 Å². The first-order chi connectivity index (χ1) is 4.34. The minimum atomic E-state index is 0.921.